The van der Waals surface area contributed by atoms with Gasteiger partial charge in [-0.2, -0.15) is 5.26 Å². The molecule has 20 heavy (non-hydrogen) atoms. The van der Waals surface area contributed by atoms with Crippen molar-refractivity contribution in [2.24, 2.45) is 17.8 Å². The van der Waals surface area contributed by atoms with Gasteiger partial charge in [-0.05, 0) is 17.4 Å². The predicted molar refractivity (Wildman–Crippen MR) is 70.0 cm³/mol. The van der Waals surface area contributed by atoms with Crippen LogP contribution in [0.15, 0.2) is 30.3 Å². The van der Waals surface area contributed by atoms with Crippen LogP contribution in [0.5, 0.6) is 0 Å². The second kappa shape index (κ2) is 4.22. The first kappa shape index (κ1) is 11.7. The van der Waals surface area contributed by atoms with E-state index in [9.17, 15) is 4.79 Å². The van der Waals surface area contributed by atoms with E-state index in [4.69, 9.17) is 10.00 Å². The molecule has 4 rings (SSSR count). The van der Waals surface area contributed by atoms with Crippen LogP contribution < -0.4 is 0 Å². The number of hydrazine groups is 1. The minimum Gasteiger partial charge on any atom is -0.446 e. The third-order valence-electron chi connectivity index (χ3n) is 4.66. The number of rotatable bonds is 2. The van der Waals surface area contributed by atoms with E-state index in [2.05, 4.69) is 11.1 Å². The smallest absolute Gasteiger partial charge is 0.425 e. The maximum Gasteiger partial charge on any atom is 0.425 e. The Labute approximate surface area is 117 Å². The number of benzene rings is 1. The maximum atomic E-state index is 12.0. The van der Waals surface area contributed by atoms with Gasteiger partial charge in [-0.3, -0.25) is 0 Å². The highest BCUT2D eigenvalue weighted by Crippen LogP contribution is 2.52. The van der Waals surface area contributed by atoms with Crippen molar-refractivity contribution in [1.82, 2.24) is 10.0 Å². The summed E-state index contributed by atoms with van der Waals surface area (Å²) in [5, 5.41) is 12.8. The number of fused-ring (bicyclic) bond motifs is 1. The van der Waals surface area contributed by atoms with Crippen LogP contribution in [-0.2, 0) is 4.74 Å². The number of piperidine rings is 1. The van der Waals surface area contributed by atoms with Crippen molar-refractivity contribution < 1.29 is 9.53 Å². The molecule has 1 saturated carbocycles. The molecule has 3 unspecified atom stereocenters. The quantitative estimate of drug-likeness (QED) is 0.821. The van der Waals surface area contributed by atoms with Crippen LogP contribution in [0.25, 0.3) is 0 Å². The number of carbonyl (C=O) groups excluding carboxylic acids is 1. The Morgan fingerprint density at radius 1 is 1.20 bits per heavy atom. The van der Waals surface area contributed by atoms with E-state index in [1.807, 2.05) is 30.3 Å². The summed E-state index contributed by atoms with van der Waals surface area (Å²) in [5.41, 5.74) is 1.09. The van der Waals surface area contributed by atoms with E-state index >= 15 is 0 Å². The molecule has 2 heterocycles. The number of cyclic esters (lactones) is 1. The summed E-state index contributed by atoms with van der Waals surface area (Å²) in [6.45, 7) is 1.99. The molecule has 3 atom stereocenters. The van der Waals surface area contributed by atoms with E-state index in [1.165, 1.54) is 0 Å². The zero-order valence-electron chi connectivity index (χ0n) is 11.0. The van der Waals surface area contributed by atoms with Crippen molar-refractivity contribution in [3.63, 3.8) is 0 Å². The number of nitriles is 1. The summed E-state index contributed by atoms with van der Waals surface area (Å²) < 4.78 is 5.23. The molecule has 0 aromatic heterocycles. The second-order valence-corrected chi connectivity index (χ2v) is 5.70. The van der Waals surface area contributed by atoms with E-state index in [0.29, 0.717) is 18.4 Å². The fourth-order valence-electron chi connectivity index (χ4n) is 3.51. The summed E-state index contributed by atoms with van der Waals surface area (Å²) in [6, 6.07) is 12.3. The molecule has 3 aliphatic rings. The van der Waals surface area contributed by atoms with E-state index in [-0.39, 0.29) is 18.1 Å². The van der Waals surface area contributed by atoms with E-state index in [1.54, 1.807) is 5.01 Å². The summed E-state index contributed by atoms with van der Waals surface area (Å²) >= 11 is 0. The average Bonchev–Trinajstić information content (AvgIpc) is 2.82. The lowest BCUT2D eigenvalue weighted by molar-refractivity contribution is 0.00620. The monoisotopic (exact) mass is 269 g/mol. The molecular formula is C15H15N3O2. The highest BCUT2D eigenvalue weighted by molar-refractivity contribution is 5.70. The molecule has 102 valence electrons. The standard InChI is InChI=1S/C15H15N3O2/c16-6-11-12-7-17(8-13(11)12)18-14(9-20-15(18)19)10-4-2-1-3-5-10/h1-5,11-14H,7-9H2. The molecule has 2 saturated heterocycles. The number of ether oxygens (including phenoxy) is 1. The molecule has 2 aliphatic heterocycles. The van der Waals surface area contributed by atoms with Gasteiger partial charge in [0.1, 0.15) is 12.6 Å². The van der Waals surface area contributed by atoms with Gasteiger partial charge in [-0.1, -0.05) is 30.3 Å². The lowest BCUT2D eigenvalue weighted by Crippen LogP contribution is -2.44. The highest BCUT2D eigenvalue weighted by atomic mass is 16.6. The van der Waals surface area contributed by atoms with Crippen molar-refractivity contribution in [2.45, 2.75) is 6.04 Å². The SMILES string of the molecule is N#CC1C2CN(N3C(=O)OCC3c3ccccc3)CC12. The molecule has 3 fully saturated rings. The molecule has 5 nitrogen and oxygen atoms in total. The summed E-state index contributed by atoms with van der Waals surface area (Å²) in [5.74, 6) is 1.06. The normalized spacial score (nSPS) is 35.5. The first-order chi connectivity index (χ1) is 9.79. The number of hydrogen-bond donors (Lipinski definition) is 0. The Kier molecular flexibility index (Phi) is 2.48. The predicted octanol–water partition coefficient (Wildman–Crippen LogP) is 1.80. The Bertz CT molecular complexity index is 571. The van der Waals surface area contributed by atoms with E-state index in [0.717, 1.165) is 18.7 Å². The highest BCUT2D eigenvalue weighted by Gasteiger charge is 2.58. The van der Waals surface area contributed by atoms with Gasteiger partial charge >= 0.3 is 6.09 Å². The molecule has 0 radical (unpaired) electrons. The zero-order valence-corrected chi connectivity index (χ0v) is 11.0. The van der Waals surface area contributed by atoms with Crippen LogP contribution in [0.2, 0.25) is 0 Å². The van der Waals surface area contributed by atoms with Crippen molar-refractivity contribution in [3.05, 3.63) is 35.9 Å². The number of carbonyl (C=O) groups is 1. The first-order valence-corrected chi connectivity index (χ1v) is 6.95. The van der Waals surface area contributed by atoms with Gasteiger partial charge in [0.25, 0.3) is 0 Å². The van der Waals surface area contributed by atoms with Crippen LogP contribution in [0, 0.1) is 29.1 Å². The lowest BCUT2D eigenvalue weighted by atomic mass is 10.1. The number of amides is 1. The zero-order chi connectivity index (χ0) is 13.7. The summed E-state index contributed by atoms with van der Waals surface area (Å²) in [6.07, 6.45) is -0.270. The van der Waals surface area contributed by atoms with E-state index < -0.39 is 0 Å². The molecule has 1 aromatic carbocycles. The molecule has 1 aliphatic carbocycles. The first-order valence-electron chi connectivity index (χ1n) is 6.95. The maximum absolute atomic E-state index is 12.0. The Balaban J connectivity index is 1.55. The van der Waals surface area contributed by atoms with Crippen LogP contribution in [0.3, 0.4) is 0 Å². The average molecular weight is 269 g/mol. The Hall–Kier alpha value is -2.06. The van der Waals surface area contributed by atoms with Crippen LogP contribution in [-0.4, -0.2) is 35.8 Å². The van der Waals surface area contributed by atoms with Crippen molar-refractivity contribution in [2.75, 3.05) is 19.7 Å². The van der Waals surface area contributed by atoms with Gasteiger partial charge in [0, 0.05) is 13.1 Å². The van der Waals surface area contributed by atoms with Gasteiger partial charge in [-0.15, -0.1) is 0 Å². The van der Waals surface area contributed by atoms with Crippen LogP contribution >= 0.6 is 0 Å². The second-order valence-electron chi connectivity index (χ2n) is 5.70. The van der Waals surface area contributed by atoms with Crippen molar-refractivity contribution in [3.8, 4) is 6.07 Å². The number of hydrogen-bond acceptors (Lipinski definition) is 4. The fraction of sp³-hybridized carbons (Fsp3) is 0.467. The Morgan fingerprint density at radius 2 is 1.90 bits per heavy atom. The van der Waals surface area contributed by atoms with Crippen molar-refractivity contribution in [1.29, 1.82) is 5.26 Å². The van der Waals surface area contributed by atoms with Gasteiger partial charge in [0.2, 0.25) is 0 Å². The van der Waals surface area contributed by atoms with Gasteiger partial charge in [-0.25, -0.2) is 14.8 Å². The summed E-state index contributed by atoms with van der Waals surface area (Å²) in [4.78, 5) is 12.0. The van der Waals surface area contributed by atoms with Gasteiger partial charge < -0.3 is 4.74 Å². The van der Waals surface area contributed by atoms with Crippen molar-refractivity contribution >= 4 is 6.09 Å². The lowest BCUT2D eigenvalue weighted by Gasteiger charge is -2.32. The molecule has 5 heteroatoms. The van der Waals surface area contributed by atoms with Crippen LogP contribution in [0.1, 0.15) is 11.6 Å². The van der Waals surface area contributed by atoms with Gasteiger partial charge in [0.15, 0.2) is 0 Å². The molecule has 1 aromatic rings. The van der Waals surface area contributed by atoms with Gasteiger partial charge in [0.05, 0.1) is 12.0 Å². The molecule has 1 amide bonds. The fourth-order valence-corrected chi connectivity index (χ4v) is 3.51. The topological polar surface area (TPSA) is 56.6 Å². The summed E-state index contributed by atoms with van der Waals surface area (Å²) in [7, 11) is 0. The molecule has 0 N–H and O–H groups in total. The minimum absolute atomic E-state index is 0.0401. The third-order valence-corrected chi connectivity index (χ3v) is 4.66. The molecule has 0 bridgehead atoms. The Morgan fingerprint density at radius 3 is 2.55 bits per heavy atom. The van der Waals surface area contributed by atoms with Crippen LogP contribution in [0.4, 0.5) is 4.79 Å². The third kappa shape index (κ3) is 1.61. The molecular weight excluding hydrogens is 254 g/mol. The largest absolute Gasteiger partial charge is 0.446 e. The molecule has 0 spiro atoms. The number of nitrogens with zero attached hydrogens (tertiary/aromatic N) is 3. The minimum atomic E-state index is -0.270.